The average Bonchev–Trinajstić information content (AvgIpc) is 2.97. The molecule has 1 amide bonds. The minimum Gasteiger partial charge on any atom is -0.399 e. The summed E-state index contributed by atoms with van der Waals surface area (Å²) in [6, 6.07) is 9.50. The Kier molecular flexibility index (Phi) is 3.48. The van der Waals surface area contributed by atoms with Crippen LogP contribution in [-0.4, -0.2) is 17.4 Å². The van der Waals surface area contributed by atoms with Crippen molar-refractivity contribution < 1.29 is 4.79 Å². The van der Waals surface area contributed by atoms with Crippen molar-refractivity contribution in [3.63, 3.8) is 0 Å². The van der Waals surface area contributed by atoms with Gasteiger partial charge in [0.1, 0.15) is 0 Å². The largest absolute Gasteiger partial charge is 0.399 e. The first kappa shape index (κ1) is 13.4. The highest BCUT2D eigenvalue weighted by molar-refractivity contribution is 5.99. The molecule has 1 unspecified atom stereocenters. The number of hydrogen-bond donors (Lipinski definition) is 2. The van der Waals surface area contributed by atoms with Gasteiger partial charge >= 0.3 is 0 Å². The lowest BCUT2D eigenvalue weighted by molar-refractivity contribution is 0.100. The first-order chi connectivity index (χ1) is 10.2. The molecule has 2 aromatic rings. The van der Waals surface area contributed by atoms with E-state index in [1.807, 2.05) is 18.2 Å². The third-order valence-corrected chi connectivity index (χ3v) is 3.94. The molecule has 0 saturated carbocycles. The number of rotatable bonds is 3. The van der Waals surface area contributed by atoms with E-state index in [1.54, 1.807) is 24.5 Å². The maximum Gasteiger partial charge on any atom is 0.250 e. The molecule has 1 atom stereocenters. The van der Waals surface area contributed by atoms with E-state index in [0.717, 1.165) is 25.1 Å². The summed E-state index contributed by atoms with van der Waals surface area (Å²) in [6.07, 6.45) is 5.69. The summed E-state index contributed by atoms with van der Waals surface area (Å²) in [4.78, 5) is 18.0. The second kappa shape index (κ2) is 5.44. The Morgan fingerprint density at radius 1 is 1.24 bits per heavy atom. The highest BCUT2D eigenvalue weighted by Gasteiger charge is 2.28. The van der Waals surface area contributed by atoms with Gasteiger partial charge in [-0.2, -0.15) is 0 Å². The van der Waals surface area contributed by atoms with E-state index in [2.05, 4.69) is 9.88 Å². The van der Waals surface area contributed by atoms with Crippen molar-refractivity contribution in [2.24, 2.45) is 5.73 Å². The van der Waals surface area contributed by atoms with E-state index in [9.17, 15) is 4.79 Å². The number of nitrogen functional groups attached to an aromatic ring is 1. The SMILES string of the molecule is NC(=O)c1ccc(N)cc1N1CCCC1c1ccncc1. The predicted octanol–water partition coefficient (Wildman–Crippen LogP) is 2.10. The maximum atomic E-state index is 11.7. The standard InChI is InChI=1S/C16H18N4O/c17-12-3-4-13(16(18)21)15(10-12)20-9-1-2-14(20)11-5-7-19-8-6-11/h3-8,10,14H,1-2,9,17H2,(H2,18,21). The van der Waals surface area contributed by atoms with Crippen LogP contribution in [0.4, 0.5) is 11.4 Å². The monoisotopic (exact) mass is 282 g/mol. The van der Waals surface area contributed by atoms with Crippen LogP contribution in [-0.2, 0) is 0 Å². The van der Waals surface area contributed by atoms with E-state index < -0.39 is 5.91 Å². The Morgan fingerprint density at radius 2 is 2.00 bits per heavy atom. The summed E-state index contributed by atoms with van der Waals surface area (Å²) < 4.78 is 0. The van der Waals surface area contributed by atoms with Crippen LogP contribution in [0.25, 0.3) is 0 Å². The molecular weight excluding hydrogens is 264 g/mol. The van der Waals surface area contributed by atoms with Crippen molar-refractivity contribution in [1.29, 1.82) is 0 Å². The Morgan fingerprint density at radius 3 is 2.71 bits per heavy atom. The number of pyridine rings is 1. The van der Waals surface area contributed by atoms with Crippen molar-refractivity contribution in [3.05, 3.63) is 53.9 Å². The fourth-order valence-corrected chi connectivity index (χ4v) is 2.98. The second-order valence-corrected chi connectivity index (χ2v) is 5.27. The molecule has 0 bridgehead atoms. The smallest absolute Gasteiger partial charge is 0.250 e. The van der Waals surface area contributed by atoms with Crippen LogP contribution < -0.4 is 16.4 Å². The van der Waals surface area contributed by atoms with Crippen LogP contribution in [0.5, 0.6) is 0 Å². The van der Waals surface area contributed by atoms with E-state index in [4.69, 9.17) is 11.5 Å². The van der Waals surface area contributed by atoms with E-state index >= 15 is 0 Å². The van der Waals surface area contributed by atoms with E-state index in [1.165, 1.54) is 5.56 Å². The molecule has 2 heterocycles. The summed E-state index contributed by atoms with van der Waals surface area (Å²) in [5, 5.41) is 0. The molecule has 1 aromatic heterocycles. The number of anilines is 2. The van der Waals surface area contributed by atoms with Crippen molar-refractivity contribution in [3.8, 4) is 0 Å². The number of primary amides is 1. The normalized spacial score (nSPS) is 17.9. The third-order valence-electron chi connectivity index (χ3n) is 3.94. The Hall–Kier alpha value is -2.56. The lowest BCUT2D eigenvalue weighted by Gasteiger charge is -2.28. The fraction of sp³-hybridized carbons (Fsp3) is 0.250. The van der Waals surface area contributed by atoms with Crippen LogP contribution >= 0.6 is 0 Å². The molecule has 5 heteroatoms. The number of nitrogens with two attached hydrogens (primary N) is 2. The zero-order valence-corrected chi connectivity index (χ0v) is 11.7. The molecule has 4 N–H and O–H groups in total. The molecule has 1 aromatic carbocycles. The number of amides is 1. The predicted molar refractivity (Wildman–Crippen MR) is 82.9 cm³/mol. The Balaban J connectivity index is 2.03. The van der Waals surface area contributed by atoms with Crippen LogP contribution in [0.1, 0.15) is 34.8 Å². The van der Waals surface area contributed by atoms with Crippen molar-refractivity contribution in [1.82, 2.24) is 4.98 Å². The molecule has 5 nitrogen and oxygen atoms in total. The number of benzene rings is 1. The number of carbonyl (C=O) groups excluding carboxylic acids is 1. The lowest BCUT2D eigenvalue weighted by Crippen LogP contribution is -2.26. The van der Waals surface area contributed by atoms with Crippen molar-refractivity contribution in [2.75, 3.05) is 17.2 Å². The van der Waals surface area contributed by atoms with Gasteiger partial charge in [-0.15, -0.1) is 0 Å². The van der Waals surface area contributed by atoms with Gasteiger partial charge in [-0.05, 0) is 48.7 Å². The topological polar surface area (TPSA) is 85.2 Å². The summed E-state index contributed by atoms with van der Waals surface area (Å²) in [5.74, 6) is -0.426. The first-order valence-electron chi connectivity index (χ1n) is 7.02. The number of hydrogen-bond acceptors (Lipinski definition) is 4. The third kappa shape index (κ3) is 2.54. The summed E-state index contributed by atoms with van der Waals surface area (Å²) in [7, 11) is 0. The van der Waals surface area contributed by atoms with Crippen LogP contribution in [0.15, 0.2) is 42.7 Å². The average molecular weight is 282 g/mol. The molecule has 0 aliphatic carbocycles. The van der Waals surface area contributed by atoms with Crippen LogP contribution in [0.2, 0.25) is 0 Å². The van der Waals surface area contributed by atoms with Crippen LogP contribution in [0, 0.1) is 0 Å². The number of aromatic nitrogens is 1. The van der Waals surface area contributed by atoms with Gasteiger partial charge in [0.05, 0.1) is 17.3 Å². The lowest BCUT2D eigenvalue weighted by atomic mass is 10.0. The minimum absolute atomic E-state index is 0.230. The zero-order valence-electron chi connectivity index (χ0n) is 11.7. The minimum atomic E-state index is -0.426. The number of nitrogens with zero attached hydrogens (tertiary/aromatic N) is 2. The number of carbonyl (C=O) groups is 1. The van der Waals surface area contributed by atoms with Crippen LogP contribution in [0.3, 0.4) is 0 Å². The summed E-state index contributed by atoms with van der Waals surface area (Å²) in [5.41, 5.74) is 14.6. The highest BCUT2D eigenvalue weighted by atomic mass is 16.1. The molecule has 21 heavy (non-hydrogen) atoms. The summed E-state index contributed by atoms with van der Waals surface area (Å²) in [6.45, 7) is 0.886. The summed E-state index contributed by atoms with van der Waals surface area (Å²) >= 11 is 0. The van der Waals surface area contributed by atoms with Crippen molar-refractivity contribution >= 4 is 17.3 Å². The Bertz CT molecular complexity index is 657. The molecule has 3 rings (SSSR count). The molecule has 1 fully saturated rings. The van der Waals surface area contributed by atoms with Gasteiger partial charge in [0, 0.05) is 24.6 Å². The fourth-order valence-electron chi connectivity index (χ4n) is 2.98. The van der Waals surface area contributed by atoms with E-state index in [-0.39, 0.29) is 6.04 Å². The maximum absolute atomic E-state index is 11.7. The molecule has 1 saturated heterocycles. The van der Waals surface area contributed by atoms with Gasteiger partial charge in [0.2, 0.25) is 0 Å². The van der Waals surface area contributed by atoms with Gasteiger partial charge in [-0.1, -0.05) is 0 Å². The Labute approximate surface area is 123 Å². The van der Waals surface area contributed by atoms with Gasteiger partial charge in [-0.25, -0.2) is 0 Å². The zero-order chi connectivity index (χ0) is 14.8. The van der Waals surface area contributed by atoms with Gasteiger partial charge in [0.25, 0.3) is 5.91 Å². The molecule has 108 valence electrons. The van der Waals surface area contributed by atoms with Crippen molar-refractivity contribution in [2.45, 2.75) is 18.9 Å². The second-order valence-electron chi connectivity index (χ2n) is 5.27. The first-order valence-corrected chi connectivity index (χ1v) is 7.02. The molecule has 1 aliphatic rings. The van der Waals surface area contributed by atoms with Gasteiger partial charge in [0.15, 0.2) is 0 Å². The molecule has 0 radical (unpaired) electrons. The van der Waals surface area contributed by atoms with Gasteiger partial charge < -0.3 is 16.4 Å². The van der Waals surface area contributed by atoms with E-state index in [0.29, 0.717) is 11.3 Å². The molecule has 1 aliphatic heterocycles. The molecule has 0 spiro atoms. The quantitative estimate of drug-likeness (QED) is 0.844. The highest BCUT2D eigenvalue weighted by Crippen LogP contribution is 2.38. The molecular formula is C16H18N4O. The van der Waals surface area contributed by atoms with Gasteiger partial charge in [-0.3, -0.25) is 9.78 Å².